The molecule has 0 spiro atoms. The van der Waals surface area contributed by atoms with Crippen molar-refractivity contribution in [2.24, 2.45) is 0 Å². The van der Waals surface area contributed by atoms with E-state index in [0.717, 1.165) is 38.5 Å². The van der Waals surface area contributed by atoms with Crippen molar-refractivity contribution in [3.8, 4) is 0 Å². The summed E-state index contributed by atoms with van der Waals surface area (Å²) < 4.78 is 9.46. The molecule has 2 atom stereocenters. The summed E-state index contributed by atoms with van der Waals surface area (Å²) in [7, 11) is 0. The van der Waals surface area contributed by atoms with Crippen molar-refractivity contribution in [1.82, 2.24) is 0 Å². The fourth-order valence-corrected chi connectivity index (χ4v) is 5.89. The minimum Gasteiger partial charge on any atom is -0.546 e. The molecule has 0 aliphatic carbocycles. The quantitative estimate of drug-likeness (QED) is 0.0349. The van der Waals surface area contributed by atoms with Crippen molar-refractivity contribution in [2.45, 2.75) is 245 Å². The van der Waals surface area contributed by atoms with Gasteiger partial charge < -0.3 is 29.3 Å². The Labute approximate surface area is 326 Å². The van der Waals surface area contributed by atoms with Crippen LogP contribution in [0.2, 0.25) is 0 Å². The second-order valence-corrected chi connectivity index (χ2v) is 14.3. The Balaban J connectivity index is -0.000000886. The third kappa shape index (κ3) is 44.6. The van der Waals surface area contributed by atoms with Crippen LogP contribution in [0, 0.1) is 0 Å². The van der Waals surface area contributed by atoms with Crippen molar-refractivity contribution in [3.63, 3.8) is 0 Å². The standard InChI is InChI=1S/2C21H40O4.Zn/c2*1-3-4-5-6-7-8-9-10-11-12-13-14-15-16-17-18-20(22)25-19(2)21(23)24;/h2*19H,3-18H2,1-2H3,(H,23,24);/q;;+2/p-2. The van der Waals surface area contributed by atoms with Gasteiger partial charge in [-0.1, -0.05) is 194 Å². The molecule has 0 aromatic carbocycles. The Hall–Kier alpha value is -1.50. The summed E-state index contributed by atoms with van der Waals surface area (Å²) in [5.74, 6) is -3.56. The number of aliphatic carboxylic acids is 2. The Morgan fingerprint density at radius 2 is 0.549 bits per heavy atom. The summed E-state index contributed by atoms with van der Waals surface area (Å²) in [5.41, 5.74) is 0. The number of unbranched alkanes of at least 4 members (excludes halogenated alkanes) is 28. The zero-order valence-corrected chi connectivity index (χ0v) is 36.7. The predicted molar refractivity (Wildman–Crippen MR) is 200 cm³/mol. The van der Waals surface area contributed by atoms with E-state index in [1.165, 1.54) is 168 Å². The molecule has 0 aliphatic heterocycles. The Morgan fingerprint density at radius 3 is 0.725 bits per heavy atom. The monoisotopic (exact) mass is 774 g/mol. The van der Waals surface area contributed by atoms with Gasteiger partial charge in [0.2, 0.25) is 0 Å². The molecule has 0 aromatic heterocycles. The first-order chi connectivity index (χ1) is 24.1. The molecular weight excluding hydrogens is 698 g/mol. The van der Waals surface area contributed by atoms with Crippen LogP contribution in [0.3, 0.4) is 0 Å². The van der Waals surface area contributed by atoms with Gasteiger partial charge in [-0.2, -0.15) is 0 Å². The Kier molecular flexibility index (Phi) is 45.3. The van der Waals surface area contributed by atoms with Crippen LogP contribution in [0.15, 0.2) is 0 Å². The van der Waals surface area contributed by atoms with Crippen LogP contribution >= 0.6 is 0 Å². The number of rotatable bonds is 36. The summed E-state index contributed by atoms with van der Waals surface area (Å²) >= 11 is 0. The number of hydrogen-bond acceptors (Lipinski definition) is 8. The maximum absolute atomic E-state index is 11.4. The molecule has 296 valence electrons. The molecular formula is C42H78O8Zn. The van der Waals surface area contributed by atoms with Gasteiger partial charge in [0.25, 0.3) is 0 Å². The van der Waals surface area contributed by atoms with E-state index in [9.17, 15) is 29.4 Å². The first-order valence-electron chi connectivity index (χ1n) is 21.0. The number of esters is 2. The Bertz CT molecular complexity index is 727. The maximum Gasteiger partial charge on any atom is 2.00 e. The number of carbonyl (C=O) groups is 4. The van der Waals surface area contributed by atoms with Crippen LogP contribution in [0.25, 0.3) is 0 Å². The average Bonchev–Trinajstić information content (AvgIpc) is 3.08. The molecule has 0 N–H and O–H groups in total. The molecule has 0 heterocycles. The third-order valence-electron chi connectivity index (χ3n) is 9.25. The zero-order valence-electron chi connectivity index (χ0n) is 33.8. The molecule has 9 heteroatoms. The number of carboxylic acids is 2. The van der Waals surface area contributed by atoms with Gasteiger partial charge in [-0.3, -0.25) is 9.59 Å². The van der Waals surface area contributed by atoms with Crippen molar-refractivity contribution in [1.29, 1.82) is 0 Å². The summed E-state index contributed by atoms with van der Waals surface area (Å²) in [6, 6.07) is 0. The number of hydrogen-bond donors (Lipinski definition) is 0. The van der Waals surface area contributed by atoms with Crippen molar-refractivity contribution in [2.75, 3.05) is 0 Å². The van der Waals surface area contributed by atoms with E-state index >= 15 is 0 Å². The van der Waals surface area contributed by atoms with E-state index in [1.807, 2.05) is 0 Å². The van der Waals surface area contributed by atoms with Gasteiger partial charge >= 0.3 is 31.4 Å². The molecule has 0 saturated heterocycles. The van der Waals surface area contributed by atoms with Crippen molar-refractivity contribution in [3.05, 3.63) is 0 Å². The zero-order chi connectivity index (χ0) is 37.5. The van der Waals surface area contributed by atoms with E-state index in [0.29, 0.717) is 12.8 Å². The second-order valence-electron chi connectivity index (χ2n) is 14.3. The summed E-state index contributed by atoms with van der Waals surface area (Å²) in [5, 5.41) is 20.9. The topological polar surface area (TPSA) is 133 Å². The van der Waals surface area contributed by atoms with Gasteiger partial charge in [0.15, 0.2) is 0 Å². The third-order valence-corrected chi connectivity index (χ3v) is 9.25. The normalized spacial score (nSPS) is 11.8. The molecule has 8 nitrogen and oxygen atoms in total. The van der Waals surface area contributed by atoms with Crippen molar-refractivity contribution < 1.29 is 58.3 Å². The molecule has 0 amide bonds. The first-order valence-corrected chi connectivity index (χ1v) is 21.0. The first kappa shape index (κ1) is 53.9. The molecule has 0 radical (unpaired) electrons. The van der Waals surface area contributed by atoms with Crippen LogP contribution in [-0.4, -0.2) is 36.1 Å². The van der Waals surface area contributed by atoms with Crippen LogP contribution in [0.4, 0.5) is 0 Å². The molecule has 0 aliphatic rings. The van der Waals surface area contributed by atoms with Crippen LogP contribution in [-0.2, 0) is 48.1 Å². The molecule has 0 bridgehead atoms. The maximum atomic E-state index is 11.4. The largest absolute Gasteiger partial charge is 2.00 e. The van der Waals surface area contributed by atoms with Gasteiger partial charge in [-0.15, -0.1) is 0 Å². The van der Waals surface area contributed by atoms with Gasteiger partial charge in [0.1, 0.15) is 12.2 Å². The summed E-state index contributed by atoms with van der Waals surface area (Å²) in [6.07, 6.45) is 36.7. The number of carboxylic acid groups (broad SMARTS) is 2. The average molecular weight is 776 g/mol. The van der Waals surface area contributed by atoms with E-state index < -0.39 is 36.1 Å². The van der Waals surface area contributed by atoms with Gasteiger partial charge in [-0.05, 0) is 26.7 Å². The molecule has 0 rings (SSSR count). The summed E-state index contributed by atoms with van der Waals surface area (Å²) in [6.45, 7) is 7.16. The minimum atomic E-state index is -1.34. The van der Waals surface area contributed by atoms with Gasteiger partial charge in [0, 0.05) is 12.8 Å². The smallest absolute Gasteiger partial charge is 0.546 e. The molecule has 2 unspecified atom stereocenters. The molecule has 0 saturated carbocycles. The SMILES string of the molecule is CCCCCCCCCCCCCCCCCC(=O)OC(C)C(=O)[O-].CCCCCCCCCCCCCCCCCC(=O)OC(C)C(=O)[O-].[Zn+2]. The van der Waals surface area contributed by atoms with Crippen molar-refractivity contribution >= 4 is 23.9 Å². The molecule has 51 heavy (non-hydrogen) atoms. The fourth-order valence-electron chi connectivity index (χ4n) is 5.89. The number of carbonyl (C=O) groups excluding carboxylic acids is 4. The van der Waals surface area contributed by atoms with Crippen LogP contribution in [0.1, 0.15) is 233 Å². The Morgan fingerprint density at radius 1 is 0.373 bits per heavy atom. The van der Waals surface area contributed by atoms with Gasteiger partial charge in [-0.25, -0.2) is 0 Å². The van der Waals surface area contributed by atoms with Gasteiger partial charge in [0.05, 0.1) is 11.9 Å². The fraction of sp³-hybridized carbons (Fsp3) is 0.905. The van der Waals surface area contributed by atoms with E-state index in [4.69, 9.17) is 9.47 Å². The van der Waals surface area contributed by atoms with E-state index in [1.54, 1.807) is 0 Å². The minimum absolute atomic E-state index is 0. The van der Waals surface area contributed by atoms with E-state index in [-0.39, 0.29) is 19.5 Å². The number of ether oxygens (including phenoxy) is 2. The van der Waals surface area contributed by atoms with Crippen LogP contribution in [0.5, 0.6) is 0 Å². The second kappa shape index (κ2) is 42.9. The van der Waals surface area contributed by atoms with Crippen LogP contribution < -0.4 is 10.2 Å². The van der Waals surface area contributed by atoms with E-state index in [2.05, 4.69) is 13.8 Å². The molecule has 0 aromatic rings. The summed E-state index contributed by atoms with van der Waals surface area (Å²) in [4.78, 5) is 43.7. The molecule has 0 fully saturated rings. The predicted octanol–water partition coefficient (Wildman–Crippen LogP) is 9.86.